The molecule has 0 bridgehead atoms. The van der Waals surface area contributed by atoms with Gasteiger partial charge in [0.1, 0.15) is 0 Å². The van der Waals surface area contributed by atoms with Crippen LogP contribution in [-0.4, -0.2) is 109 Å². The predicted molar refractivity (Wildman–Crippen MR) is 203 cm³/mol. The number of benzene rings is 4. The van der Waals surface area contributed by atoms with E-state index in [1.807, 2.05) is 0 Å². The topological polar surface area (TPSA) is 235 Å². The van der Waals surface area contributed by atoms with Gasteiger partial charge in [-0.1, -0.05) is 99.5 Å². The van der Waals surface area contributed by atoms with Gasteiger partial charge in [-0.15, -0.1) is 0 Å². The number of ketones is 4. The molecule has 2 amide bonds. The Bertz CT molecular complexity index is 2290. The number of hydrogen-bond donors (Lipinski definition) is 4. The van der Waals surface area contributed by atoms with E-state index in [0.29, 0.717) is 12.8 Å². The predicted octanol–water partition coefficient (Wildman–Crippen LogP) is 4.53. The zero-order valence-electron chi connectivity index (χ0n) is 29.6. The molecule has 0 fully saturated rings. The van der Waals surface area contributed by atoms with E-state index in [0.717, 1.165) is 0 Å². The van der Waals surface area contributed by atoms with E-state index in [4.69, 9.17) is 0 Å². The Balaban J connectivity index is 0.000000240. The molecule has 282 valence electrons. The minimum atomic E-state index is -4.60. The van der Waals surface area contributed by atoms with Crippen molar-refractivity contribution in [3.63, 3.8) is 0 Å². The molecule has 2 unspecified atom stereocenters. The Morgan fingerprint density at radius 2 is 0.800 bits per heavy atom. The van der Waals surface area contributed by atoms with E-state index in [1.165, 1.54) is 48.5 Å². The van der Waals surface area contributed by atoms with Gasteiger partial charge in [0.15, 0.2) is 33.6 Å². The molecule has 2 atom stereocenters. The molecule has 0 heterocycles. The third-order valence-electron chi connectivity index (χ3n) is 8.83. The Labute approximate surface area is 346 Å². The molecular weight excluding hydrogens is 781 g/mol. The average molecular weight is 815 g/mol. The van der Waals surface area contributed by atoms with Crippen LogP contribution in [0.3, 0.4) is 0 Å². The van der Waals surface area contributed by atoms with Crippen molar-refractivity contribution in [2.24, 2.45) is 0 Å². The summed E-state index contributed by atoms with van der Waals surface area (Å²) in [7, 11) is -9.21. The van der Waals surface area contributed by atoms with Crippen LogP contribution in [0.15, 0.2) is 84.9 Å². The minimum absolute atomic E-state index is 0. The maximum atomic E-state index is 12.9. The van der Waals surface area contributed by atoms with E-state index in [-0.39, 0.29) is 118 Å². The van der Waals surface area contributed by atoms with Crippen LogP contribution in [0, 0.1) is 0 Å². The van der Waals surface area contributed by atoms with Crippen molar-refractivity contribution >= 4 is 104 Å². The molecule has 6 rings (SSSR count). The molecule has 17 heteroatoms. The second-order valence-corrected chi connectivity index (χ2v) is 15.6. The van der Waals surface area contributed by atoms with Gasteiger partial charge in [0, 0.05) is 71.1 Å². The normalized spacial score (nSPS) is 14.0. The molecule has 4 aromatic rings. The molecule has 14 nitrogen and oxygen atoms in total. The molecule has 0 aromatic heterocycles. The van der Waals surface area contributed by atoms with Crippen LogP contribution in [-0.2, 0) is 29.8 Å². The number of carbonyl (C=O) groups is 6. The first-order chi connectivity index (χ1) is 25.5. The van der Waals surface area contributed by atoms with Gasteiger partial charge >= 0.3 is 0 Å². The fraction of sp³-hybridized carbons (Fsp3) is 0.211. The SMILES string of the molecule is CCCC(C(=O)Nc1cccc2c1C(=O)c1ccccc1C2=O)S(=O)(=O)O.CCCC(C(=O)Nc1cccc2c1C(=O)c1ccccc1C2=O)S(=O)(=O)O.[Ca]. The average Bonchev–Trinajstić information content (AvgIpc) is 3.13. The van der Waals surface area contributed by atoms with E-state index in [2.05, 4.69) is 10.6 Å². The molecule has 2 aliphatic rings. The van der Waals surface area contributed by atoms with Crippen molar-refractivity contribution < 1.29 is 54.7 Å². The summed E-state index contributed by atoms with van der Waals surface area (Å²) in [5, 5.41) is 1.48. The summed E-state index contributed by atoms with van der Waals surface area (Å²) in [5.74, 6) is -3.48. The molecule has 0 aliphatic heterocycles. The molecule has 4 aromatic carbocycles. The molecule has 2 radical (unpaired) electrons. The van der Waals surface area contributed by atoms with Crippen LogP contribution in [0.25, 0.3) is 0 Å². The van der Waals surface area contributed by atoms with Crippen LogP contribution in [0.5, 0.6) is 0 Å². The van der Waals surface area contributed by atoms with Crippen molar-refractivity contribution in [1.82, 2.24) is 0 Å². The molecule has 55 heavy (non-hydrogen) atoms. The van der Waals surface area contributed by atoms with Crippen LogP contribution in [0.2, 0.25) is 0 Å². The fourth-order valence-corrected chi connectivity index (χ4v) is 8.01. The van der Waals surface area contributed by atoms with E-state index >= 15 is 0 Å². The fourth-order valence-electron chi connectivity index (χ4n) is 6.28. The number of hydrogen-bond acceptors (Lipinski definition) is 10. The molecule has 0 spiro atoms. The molecule has 4 N–H and O–H groups in total. The third kappa shape index (κ3) is 9.02. The Morgan fingerprint density at radius 1 is 0.509 bits per heavy atom. The third-order valence-corrected chi connectivity index (χ3v) is 11.2. The van der Waals surface area contributed by atoms with Gasteiger partial charge in [0.25, 0.3) is 20.2 Å². The minimum Gasteiger partial charge on any atom is -0.324 e. The molecule has 0 saturated heterocycles. The van der Waals surface area contributed by atoms with E-state index in [9.17, 15) is 54.7 Å². The zero-order valence-corrected chi connectivity index (χ0v) is 33.4. The standard InChI is InChI=1S/2C19H17NO6S.Ca/c2*1-2-6-15(27(24,25)26)19(23)20-14-10-5-9-13-16(14)18(22)12-8-4-3-7-11(12)17(13)21;/h2*3-5,7-10,15H,2,6H2,1H3,(H,20,23)(H,24,25,26);. The van der Waals surface area contributed by atoms with E-state index in [1.54, 1.807) is 50.2 Å². The van der Waals surface area contributed by atoms with Crippen molar-refractivity contribution in [3.8, 4) is 0 Å². The summed E-state index contributed by atoms with van der Waals surface area (Å²) in [6.45, 7) is 3.35. The van der Waals surface area contributed by atoms with Crippen LogP contribution in [0.4, 0.5) is 11.4 Å². The van der Waals surface area contributed by atoms with Gasteiger partial charge in [-0.2, -0.15) is 16.8 Å². The first-order valence-electron chi connectivity index (χ1n) is 16.7. The van der Waals surface area contributed by atoms with Crippen LogP contribution in [0.1, 0.15) is 103 Å². The number of anilines is 2. The van der Waals surface area contributed by atoms with Crippen LogP contribution < -0.4 is 10.6 Å². The van der Waals surface area contributed by atoms with Gasteiger partial charge in [0.05, 0.1) is 22.5 Å². The largest absolute Gasteiger partial charge is 0.324 e. The maximum absolute atomic E-state index is 12.9. The second-order valence-electron chi connectivity index (χ2n) is 12.4. The molecule has 2 aliphatic carbocycles. The summed E-state index contributed by atoms with van der Waals surface area (Å²) in [5.41, 5.74) is 1.37. The Morgan fingerprint density at radius 3 is 1.09 bits per heavy atom. The number of amides is 2. The van der Waals surface area contributed by atoms with Gasteiger partial charge in [0.2, 0.25) is 11.8 Å². The monoisotopic (exact) mass is 814 g/mol. The van der Waals surface area contributed by atoms with Gasteiger partial charge in [-0.25, -0.2) is 0 Å². The first-order valence-corrected chi connectivity index (χ1v) is 19.7. The zero-order chi connectivity index (χ0) is 39.5. The molecular formula is C38H34CaN2O12S2. The summed E-state index contributed by atoms with van der Waals surface area (Å²) in [4.78, 5) is 76.0. The number of carbonyl (C=O) groups excluding carboxylic acids is 6. The van der Waals surface area contributed by atoms with Crippen LogP contribution >= 0.6 is 0 Å². The summed E-state index contributed by atoms with van der Waals surface area (Å²) < 4.78 is 64.6. The van der Waals surface area contributed by atoms with Gasteiger partial charge < -0.3 is 10.6 Å². The van der Waals surface area contributed by atoms with Crippen molar-refractivity contribution in [2.45, 2.75) is 50.0 Å². The number of fused-ring (bicyclic) bond motifs is 4. The van der Waals surface area contributed by atoms with Gasteiger partial charge in [-0.3, -0.25) is 37.9 Å². The summed E-state index contributed by atoms with van der Waals surface area (Å²) in [6.07, 6.45) is 0.565. The smallest absolute Gasteiger partial charge is 0.276 e. The van der Waals surface area contributed by atoms with Crippen molar-refractivity contribution in [2.75, 3.05) is 10.6 Å². The number of rotatable bonds is 10. The second kappa shape index (κ2) is 17.6. The van der Waals surface area contributed by atoms with Gasteiger partial charge in [-0.05, 0) is 25.0 Å². The quantitative estimate of drug-likeness (QED) is 0.110. The Kier molecular flexibility index (Phi) is 13.8. The first kappa shape index (κ1) is 43.3. The summed E-state index contributed by atoms with van der Waals surface area (Å²) >= 11 is 0. The maximum Gasteiger partial charge on any atom is 0.276 e. The Hall–Kier alpha value is -4.42. The summed E-state index contributed by atoms with van der Waals surface area (Å²) in [6, 6.07) is 21.5. The molecule has 0 saturated carbocycles. The van der Waals surface area contributed by atoms with E-state index < -0.39 is 54.1 Å². The van der Waals surface area contributed by atoms with Crippen molar-refractivity contribution in [3.05, 3.63) is 129 Å². The van der Waals surface area contributed by atoms with Crippen molar-refractivity contribution in [1.29, 1.82) is 0 Å². The number of nitrogens with one attached hydrogen (secondary N) is 2.